The Kier molecular flexibility index (Phi) is 5.86. The molecule has 0 spiro atoms. The fraction of sp³-hybridized carbons (Fsp3) is 0.333. The summed E-state index contributed by atoms with van der Waals surface area (Å²) >= 11 is 0. The van der Waals surface area contributed by atoms with Gasteiger partial charge in [-0.3, -0.25) is 14.5 Å². The van der Waals surface area contributed by atoms with Crippen molar-refractivity contribution in [1.29, 1.82) is 0 Å². The van der Waals surface area contributed by atoms with Gasteiger partial charge in [0.15, 0.2) is 0 Å². The molecular formula is C21H24FN3O2. The van der Waals surface area contributed by atoms with Crippen LogP contribution >= 0.6 is 0 Å². The standard InChI is InChI=1S/C21H24FN3O2/c1-2-15-3-5-17(6-4-15)21(27)25-13-11-24(12-14-25)19(20(23)26)16-7-9-18(22)10-8-16/h3-10,19H,2,11-14H2,1H3,(H2,23,26). The number of halogens is 1. The van der Waals surface area contributed by atoms with Gasteiger partial charge < -0.3 is 10.6 Å². The van der Waals surface area contributed by atoms with Crippen molar-refractivity contribution in [1.82, 2.24) is 9.80 Å². The number of piperazine rings is 1. The molecule has 5 nitrogen and oxygen atoms in total. The summed E-state index contributed by atoms with van der Waals surface area (Å²) in [6.07, 6.45) is 0.936. The SMILES string of the molecule is CCc1ccc(C(=O)N2CCN(C(C(N)=O)c3ccc(F)cc3)CC2)cc1. The van der Waals surface area contributed by atoms with E-state index in [0.717, 1.165) is 6.42 Å². The van der Waals surface area contributed by atoms with E-state index in [0.29, 0.717) is 37.3 Å². The van der Waals surface area contributed by atoms with Crippen molar-refractivity contribution in [3.05, 3.63) is 71.0 Å². The molecule has 1 aliphatic rings. The van der Waals surface area contributed by atoms with Gasteiger partial charge >= 0.3 is 0 Å². The van der Waals surface area contributed by atoms with E-state index < -0.39 is 11.9 Å². The molecule has 1 saturated heterocycles. The van der Waals surface area contributed by atoms with E-state index >= 15 is 0 Å². The van der Waals surface area contributed by atoms with E-state index in [1.807, 2.05) is 29.2 Å². The number of primary amides is 1. The van der Waals surface area contributed by atoms with Crippen LogP contribution in [0.3, 0.4) is 0 Å². The van der Waals surface area contributed by atoms with Crippen molar-refractivity contribution in [3.8, 4) is 0 Å². The molecule has 1 fully saturated rings. The molecule has 0 bridgehead atoms. The van der Waals surface area contributed by atoms with Gasteiger partial charge in [0, 0.05) is 31.7 Å². The van der Waals surface area contributed by atoms with Gasteiger partial charge in [-0.2, -0.15) is 0 Å². The zero-order chi connectivity index (χ0) is 19.4. The Morgan fingerprint density at radius 2 is 1.59 bits per heavy atom. The van der Waals surface area contributed by atoms with Crippen molar-refractivity contribution in [2.45, 2.75) is 19.4 Å². The van der Waals surface area contributed by atoms with Crippen LogP contribution in [0.2, 0.25) is 0 Å². The van der Waals surface area contributed by atoms with Crippen LogP contribution in [-0.4, -0.2) is 47.8 Å². The molecule has 0 saturated carbocycles. The van der Waals surface area contributed by atoms with Gasteiger partial charge in [-0.25, -0.2) is 4.39 Å². The molecule has 1 atom stereocenters. The molecule has 0 aliphatic carbocycles. The van der Waals surface area contributed by atoms with Crippen LogP contribution in [0, 0.1) is 5.82 Å². The first-order valence-corrected chi connectivity index (χ1v) is 9.16. The summed E-state index contributed by atoms with van der Waals surface area (Å²) in [6.45, 7) is 4.17. The van der Waals surface area contributed by atoms with Crippen molar-refractivity contribution in [3.63, 3.8) is 0 Å². The highest BCUT2D eigenvalue weighted by Gasteiger charge is 2.30. The summed E-state index contributed by atoms with van der Waals surface area (Å²) in [5.41, 5.74) is 8.13. The van der Waals surface area contributed by atoms with E-state index in [4.69, 9.17) is 5.73 Å². The Morgan fingerprint density at radius 1 is 1.00 bits per heavy atom. The summed E-state index contributed by atoms with van der Waals surface area (Å²) in [6, 6.07) is 12.9. The number of nitrogens with two attached hydrogens (primary N) is 1. The average Bonchev–Trinajstić information content (AvgIpc) is 2.69. The normalized spacial score (nSPS) is 16.1. The quantitative estimate of drug-likeness (QED) is 0.880. The number of hydrogen-bond acceptors (Lipinski definition) is 3. The number of hydrogen-bond donors (Lipinski definition) is 1. The molecule has 1 heterocycles. The van der Waals surface area contributed by atoms with E-state index in [9.17, 15) is 14.0 Å². The van der Waals surface area contributed by atoms with E-state index in [-0.39, 0.29) is 11.7 Å². The smallest absolute Gasteiger partial charge is 0.253 e. The van der Waals surface area contributed by atoms with Crippen molar-refractivity contribution < 1.29 is 14.0 Å². The summed E-state index contributed by atoms with van der Waals surface area (Å²) in [4.78, 5) is 28.4. The van der Waals surface area contributed by atoms with Crippen LogP contribution in [0.15, 0.2) is 48.5 Å². The van der Waals surface area contributed by atoms with Crippen LogP contribution in [-0.2, 0) is 11.2 Å². The number of carbonyl (C=O) groups is 2. The number of aryl methyl sites for hydroxylation is 1. The predicted octanol–water partition coefficient (Wildman–Crippen LogP) is 2.37. The van der Waals surface area contributed by atoms with Crippen LogP contribution < -0.4 is 5.73 Å². The summed E-state index contributed by atoms with van der Waals surface area (Å²) in [5.74, 6) is -0.835. The molecule has 142 valence electrons. The number of carbonyl (C=O) groups excluding carboxylic acids is 2. The molecule has 0 radical (unpaired) electrons. The third kappa shape index (κ3) is 4.34. The van der Waals surface area contributed by atoms with Gasteiger partial charge in [-0.05, 0) is 41.8 Å². The first-order valence-electron chi connectivity index (χ1n) is 9.16. The summed E-state index contributed by atoms with van der Waals surface area (Å²) in [5, 5.41) is 0. The minimum atomic E-state index is -0.619. The second-order valence-electron chi connectivity index (χ2n) is 6.74. The Balaban J connectivity index is 1.66. The van der Waals surface area contributed by atoms with Gasteiger partial charge in [-0.1, -0.05) is 31.2 Å². The molecule has 2 N–H and O–H groups in total. The van der Waals surface area contributed by atoms with Crippen LogP contribution in [0.4, 0.5) is 4.39 Å². The fourth-order valence-corrected chi connectivity index (χ4v) is 3.45. The monoisotopic (exact) mass is 369 g/mol. The van der Waals surface area contributed by atoms with E-state index in [1.165, 1.54) is 17.7 Å². The van der Waals surface area contributed by atoms with Crippen molar-refractivity contribution >= 4 is 11.8 Å². The molecule has 6 heteroatoms. The Hall–Kier alpha value is -2.73. The number of amides is 2. The van der Waals surface area contributed by atoms with Gasteiger partial charge in [0.2, 0.25) is 5.91 Å². The van der Waals surface area contributed by atoms with Crippen molar-refractivity contribution in [2.24, 2.45) is 5.73 Å². The molecule has 0 aromatic heterocycles. The zero-order valence-electron chi connectivity index (χ0n) is 15.4. The van der Waals surface area contributed by atoms with Gasteiger partial charge in [0.1, 0.15) is 11.9 Å². The number of benzene rings is 2. The summed E-state index contributed by atoms with van der Waals surface area (Å²) in [7, 11) is 0. The van der Waals surface area contributed by atoms with Gasteiger partial charge in [-0.15, -0.1) is 0 Å². The second-order valence-corrected chi connectivity index (χ2v) is 6.74. The minimum absolute atomic E-state index is 0.00490. The van der Waals surface area contributed by atoms with Crippen LogP contribution in [0.25, 0.3) is 0 Å². The highest BCUT2D eigenvalue weighted by molar-refractivity contribution is 5.94. The molecule has 2 amide bonds. The molecule has 3 rings (SSSR count). The average molecular weight is 369 g/mol. The molecule has 2 aromatic rings. The minimum Gasteiger partial charge on any atom is -0.368 e. The Bertz CT molecular complexity index is 797. The highest BCUT2D eigenvalue weighted by Crippen LogP contribution is 2.23. The molecule has 1 aliphatic heterocycles. The van der Waals surface area contributed by atoms with Crippen LogP contribution in [0.1, 0.15) is 34.5 Å². The van der Waals surface area contributed by atoms with Gasteiger partial charge in [0.25, 0.3) is 5.91 Å². The zero-order valence-corrected chi connectivity index (χ0v) is 15.4. The third-order valence-corrected chi connectivity index (χ3v) is 5.03. The fourth-order valence-electron chi connectivity index (χ4n) is 3.45. The maximum Gasteiger partial charge on any atom is 0.253 e. The van der Waals surface area contributed by atoms with Crippen molar-refractivity contribution in [2.75, 3.05) is 26.2 Å². The van der Waals surface area contributed by atoms with Crippen LogP contribution in [0.5, 0.6) is 0 Å². The number of nitrogens with zero attached hydrogens (tertiary/aromatic N) is 2. The lowest BCUT2D eigenvalue weighted by Gasteiger charge is -2.38. The lowest BCUT2D eigenvalue weighted by atomic mass is 10.0. The predicted molar refractivity (Wildman–Crippen MR) is 102 cm³/mol. The third-order valence-electron chi connectivity index (χ3n) is 5.03. The maximum atomic E-state index is 13.2. The summed E-state index contributed by atoms with van der Waals surface area (Å²) < 4.78 is 13.2. The molecule has 2 aromatic carbocycles. The topological polar surface area (TPSA) is 66.6 Å². The first kappa shape index (κ1) is 19.0. The Labute approximate surface area is 158 Å². The first-order chi connectivity index (χ1) is 13.0. The molecule has 27 heavy (non-hydrogen) atoms. The molecule has 1 unspecified atom stereocenters. The lowest BCUT2D eigenvalue weighted by molar-refractivity contribution is -0.124. The maximum absolute atomic E-state index is 13.2. The largest absolute Gasteiger partial charge is 0.368 e. The highest BCUT2D eigenvalue weighted by atomic mass is 19.1. The van der Waals surface area contributed by atoms with E-state index in [2.05, 4.69) is 6.92 Å². The van der Waals surface area contributed by atoms with Gasteiger partial charge in [0.05, 0.1) is 0 Å². The Morgan fingerprint density at radius 3 is 2.11 bits per heavy atom. The number of rotatable bonds is 5. The van der Waals surface area contributed by atoms with E-state index in [1.54, 1.807) is 17.0 Å². The lowest BCUT2D eigenvalue weighted by Crippen LogP contribution is -2.51. The second kappa shape index (κ2) is 8.31. The molecular weight excluding hydrogens is 345 g/mol.